The third kappa shape index (κ3) is 5.90. The lowest BCUT2D eigenvalue weighted by atomic mass is 9.99. The first-order valence-corrected chi connectivity index (χ1v) is 4.59. The average molecular weight is 152 g/mol. The Morgan fingerprint density at radius 2 is 1.91 bits per heavy atom. The number of allylic oxidation sites excluding steroid dienone is 4. The van der Waals surface area contributed by atoms with E-state index in [-0.39, 0.29) is 0 Å². The summed E-state index contributed by atoms with van der Waals surface area (Å²) in [5, 5.41) is 0. The van der Waals surface area contributed by atoms with Gasteiger partial charge in [-0.2, -0.15) is 0 Å². The predicted molar refractivity (Wildman–Crippen MR) is 52.6 cm³/mol. The van der Waals surface area contributed by atoms with Gasteiger partial charge in [-0.25, -0.2) is 0 Å². The normalized spacial score (nSPS) is 14.8. The third-order valence-electron chi connectivity index (χ3n) is 1.80. The highest BCUT2D eigenvalue weighted by Crippen LogP contribution is 2.13. The zero-order valence-electron chi connectivity index (χ0n) is 8.01. The molecule has 1 unspecified atom stereocenters. The predicted octanol–water partition coefficient (Wildman–Crippen LogP) is 3.95. The average Bonchev–Trinajstić information content (AvgIpc) is 2.01. The van der Waals surface area contributed by atoms with Crippen molar-refractivity contribution < 1.29 is 0 Å². The van der Waals surface area contributed by atoms with Crippen LogP contribution < -0.4 is 0 Å². The molecule has 0 fully saturated rings. The van der Waals surface area contributed by atoms with Gasteiger partial charge in [0, 0.05) is 0 Å². The first kappa shape index (κ1) is 10.5. The van der Waals surface area contributed by atoms with E-state index in [9.17, 15) is 0 Å². The van der Waals surface area contributed by atoms with Crippen LogP contribution in [0.25, 0.3) is 0 Å². The van der Waals surface area contributed by atoms with Gasteiger partial charge in [0.2, 0.25) is 0 Å². The maximum atomic E-state index is 2.31. The zero-order valence-corrected chi connectivity index (χ0v) is 8.01. The smallest absolute Gasteiger partial charge is 0.0199 e. The monoisotopic (exact) mass is 152 g/mol. The van der Waals surface area contributed by atoms with E-state index in [0.29, 0.717) is 0 Å². The van der Waals surface area contributed by atoms with Crippen LogP contribution in [0.2, 0.25) is 0 Å². The van der Waals surface area contributed by atoms with E-state index in [2.05, 4.69) is 45.1 Å². The molecule has 64 valence electrons. The van der Waals surface area contributed by atoms with E-state index < -0.39 is 0 Å². The minimum Gasteiger partial charge on any atom is -0.0916 e. The molecule has 1 atom stereocenters. The van der Waals surface area contributed by atoms with Crippen LogP contribution in [0.4, 0.5) is 0 Å². The van der Waals surface area contributed by atoms with E-state index in [1.54, 1.807) is 0 Å². The molecule has 0 aliphatic heterocycles. The second-order valence-electron chi connectivity index (χ2n) is 2.88. The minimum absolute atomic E-state index is 0.765. The van der Waals surface area contributed by atoms with Crippen LogP contribution in [0.1, 0.15) is 40.0 Å². The van der Waals surface area contributed by atoms with Crippen LogP contribution in [-0.2, 0) is 0 Å². The van der Waals surface area contributed by atoms with Crippen LogP contribution in [0, 0.1) is 5.92 Å². The van der Waals surface area contributed by atoms with Gasteiger partial charge in [-0.1, -0.05) is 37.6 Å². The Kier molecular flexibility index (Phi) is 7.23. The number of rotatable bonds is 5. The molecule has 0 aromatic carbocycles. The molecule has 0 amide bonds. The highest BCUT2D eigenvalue weighted by molar-refractivity contribution is 4.91. The van der Waals surface area contributed by atoms with Gasteiger partial charge in [0.25, 0.3) is 0 Å². The van der Waals surface area contributed by atoms with Crippen molar-refractivity contribution in [1.82, 2.24) is 0 Å². The maximum Gasteiger partial charge on any atom is -0.0199 e. The van der Waals surface area contributed by atoms with Crippen LogP contribution in [0.5, 0.6) is 0 Å². The van der Waals surface area contributed by atoms with Gasteiger partial charge in [-0.05, 0) is 32.6 Å². The SMILES string of the molecule is CC=CCC(C=CC)CCC. The van der Waals surface area contributed by atoms with Gasteiger partial charge in [0.15, 0.2) is 0 Å². The third-order valence-corrected chi connectivity index (χ3v) is 1.80. The van der Waals surface area contributed by atoms with Crippen molar-refractivity contribution in [2.45, 2.75) is 40.0 Å². The van der Waals surface area contributed by atoms with Gasteiger partial charge in [0.05, 0.1) is 0 Å². The molecule has 11 heavy (non-hydrogen) atoms. The van der Waals surface area contributed by atoms with E-state index in [0.717, 1.165) is 5.92 Å². The lowest BCUT2D eigenvalue weighted by molar-refractivity contribution is 0.587. The summed E-state index contributed by atoms with van der Waals surface area (Å²) < 4.78 is 0. The van der Waals surface area contributed by atoms with Crippen molar-refractivity contribution in [2.75, 3.05) is 0 Å². The molecular formula is C11H20. The van der Waals surface area contributed by atoms with Crippen LogP contribution >= 0.6 is 0 Å². The Balaban J connectivity index is 3.68. The fourth-order valence-electron chi connectivity index (χ4n) is 1.25. The Labute approximate surface area is 71.0 Å². The topological polar surface area (TPSA) is 0 Å². The number of hydrogen-bond acceptors (Lipinski definition) is 0. The quantitative estimate of drug-likeness (QED) is 0.523. The van der Waals surface area contributed by atoms with Crippen molar-refractivity contribution >= 4 is 0 Å². The second kappa shape index (κ2) is 7.59. The van der Waals surface area contributed by atoms with Crippen molar-refractivity contribution in [1.29, 1.82) is 0 Å². The molecule has 0 aromatic rings. The molecule has 0 heteroatoms. The summed E-state index contributed by atoms with van der Waals surface area (Å²) in [6.07, 6.45) is 12.6. The fourth-order valence-corrected chi connectivity index (χ4v) is 1.25. The van der Waals surface area contributed by atoms with E-state index in [1.165, 1.54) is 19.3 Å². The Bertz CT molecular complexity index is 120. The van der Waals surface area contributed by atoms with Gasteiger partial charge in [-0.3, -0.25) is 0 Å². The van der Waals surface area contributed by atoms with Crippen molar-refractivity contribution in [3.8, 4) is 0 Å². The van der Waals surface area contributed by atoms with Crippen LogP contribution in [0.15, 0.2) is 24.3 Å². The summed E-state index contributed by atoms with van der Waals surface area (Å²) in [6, 6.07) is 0. The molecule has 0 saturated carbocycles. The van der Waals surface area contributed by atoms with E-state index >= 15 is 0 Å². The molecule has 0 aliphatic carbocycles. The molecule has 0 nitrogen and oxygen atoms in total. The molecule has 0 N–H and O–H groups in total. The molecule has 0 bridgehead atoms. The summed E-state index contributed by atoms with van der Waals surface area (Å²) in [6.45, 7) is 6.42. The summed E-state index contributed by atoms with van der Waals surface area (Å²) in [7, 11) is 0. The van der Waals surface area contributed by atoms with Crippen molar-refractivity contribution in [3.63, 3.8) is 0 Å². The summed E-state index contributed by atoms with van der Waals surface area (Å²) >= 11 is 0. The molecule has 0 spiro atoms. The molecule has 0 aliphatic rings. The first-order chi connectivity index (χ1) is 5.35. The minimum atomic E-state index is 0.765. The van der Waals surface area contributed by atoms with Crippen molar-refractivity contribution in [2.24, 2.45) is 5.92 Å². The molecule has 0 saturated heterocycles. The number of hydrogen-bond donors (Lipinski definition) is 0. The van der Waals surface area contributed by atoms with E-state index in [4.69, 9.17) is 0 Å². The lowest BCUT2D eigenvalue weighted by Crippen LogP contribution is -1.92. The molecule has 0 heterocycles. The first-order valence-electron chi connectivity index (χ1n) is 4.59. The summed E-state index contributed by atoms with van der Waals surface area (Å²) in [5.41, 5.74) is 0. The Hall–Kier alpha value is -0.520. The highest BCUT2D eigenvalue weighted by atomic mass is 14.0. The standard InChI is InChI=1S/C11H20/c1-4-7-10-11(8-5-2)9-6-3/h4-5,7-8,11H,6,9-10H2,1-3H3. The van der Waals surface area contributed by atoms with Gasteiger partial charge >= 0.3 is 0 Å². The van der Waals surface area contributed by atoms with Gasteiger partial charge in [0.1, 0.15) is 0 Å². The second-order valence-corrected chi connectivity index (χ2v) is 2.88. The Morgan fingerprint density at radius 3 is 2.36 bits per heavy atom. The molecule has 0 radical (unpaired) electrons. The van der Waals surface area contributed by atoms with E-state index in [1.807, 2.05) is 0 Å². The largest absolute Gasteiger partial charge is 0.0916 e. The van der Waals surface area contributed by atoms with Crippen LogP contribution in [-0.4, -0.2) is 0 Å². The highest BCUT2D eigenvalue weighted by Gasteiger charge is 1.98. The molecular weight excluding hydrogens is 132 g/mol. The summed E-state index contributed by atoms with van der Waals surface area (Å²) in [4.78, 5) is 0. The summed E-state index contributed by atoms with van der Waals surface area (Å²) in [5.74, 6) is 0.765. The Morgan fingerprint density at radius 1 is 1.18 bits per heavy atom. The van der Waals surface area contributed by atoms with Gasteiger partial charge < -0.3 is 0 Å². The molecule has 0 aromatic heterocycles. The fraction of sp³-hybridized carbons (Fsp3) is 0.636. The van der Waals surface area contributed by atoms with Crippen LogP contribution in [0.3, 0.4) is 0 Å². The maximum absolute atomic E-state index is 2.31. The zero-order chi connectivity index (χ0) is 8.53. The van der Waals surface area contributed by atoms with Gasteiger partial charge in [-0.15, -0.1) is 0 Å². The molecule has 0 rings (SSSR count). The lowest BCUT2D eigenvalue weighted by Gasteiger charge is -2.06. The van der Waals surface area contributed by atoms with Crippen molar-refractivity contribution in [3.05, 3.63) is 24.3 Å².